The number of rotatable bonds is 5. The van der Waals surface area contributed by atoms with Crippen molar-refractivity contribution in [2.45, 2.75) is 39.4 Å². The van der Waals surface area contributed by atoms with E-state index in [4.69, 9.17) is 0 Å². The molecule has 0 atom stereocenters. The van der Waals surface area contributed by atoms with Gasteiger partial charge in [0.25, 0.3) is 5.56 Å². The van der Waals surface area contributed by atoms with Gasteiger partial charge in [-0.3, -0.25) is 14.3 Å². The molecule has 0 saturated heterocycles. The van der Waals surface area contributed by atoms with Gasteiger partial charge in [-0.25, -0.2) is 9.07 Å². The molecule has 1 aromatic carbocycles. The molecule has 0 bridgehead atoms. The van der Waals surface area contributed by atoms with E-state index < -0.39 is 5.54 Å². The minimum atomic E-state index is -0.419. The van der Waals surface area contributed by atoms with Gasteiger partial charge >= 0.3 is 0 Å². The Kier molecular flexibility index (Phi) is 5.45. The monoisotopic (exact) mass is 439 g/mol. The van der Waals surface area contributed by atoms with Crippen molar-refractivity contribution < 1.29 is 9.18 Å². The number of hydrogen-bond donors (Lipinski definition) is 1. The van der Waals surface area contributed by atoms with Gasteiger partial charge in [-0.15, -0.1) is 11.3 Å². The standard InChI is InChI=1S/C22H22FN5O2S/c1-22(2,3)28-20-16(12-25-28)19(17-5-4-10-31-17)26-27(21(20)30)13-18(29)24-11-14-6-8-15(23)9-7-14/h4-10,12H,11,13H2,1-3H3,(H,24,29). The second kappa shape index (κ2) is 8.07. The van der Waals surface area contributed by atoms with Gasteiger partial charge in [-0.2, -0.15) is 10.2 Å². The maximum Gasteiger partial charge on any atom is 0.293 e. The Morgan fingerprint density at radius 2 is 1.94 bits per heavy atom. The van der Waals surface area contributed by atoms with Gasteiger partial charge in [-0.1, -0.05) is 18.2 Å². The van der Waals surface area contributed by atoms with Crippen LogP contribution < -0.4 is 10.9 Å². The van der Waals surface area contributed by atoms with Crippen molar-refractivity contribution in [3.8, 4) is 10.6 Å². The van der Waals surface area contributed by atoms with Gasteiger partial charge in [0.1, 0.15) is 23.6 Å². The van der Waals surface area contributed by atoms with E-state index in [1.54, 1.807) is 23.0 Å². The number of aromatic nitrogens is 4. The zero-order chi connectivity index (χ0) is 22.2. The molecule has 0 aliphatic heterocycles. The maximum absolute atomic E-state index is 13.2. The molecule has 1 amide bonds. The number of carbonyl (C=O) groups excluding carboxylic acids is 1. The topological polar surface area (TPSA) is 81.8 Å². The molecule has 0 unspecified atom stereocenters. The van der Waals surface area contributed by atoms with Crippen molar-refractivity contribution in [3.05, 3.63) is 69.7 Å². The van der Waals surface area contributed by atoms with Crippen LogP contribution in [0.2, 0.25) is 0 Å². The second-order valence-electron chi connectivity index (χ2n) is 8.18. The Balaban J connectivity index is 1.70. The van der Waals surface area contributed by atoms with Crippen LogP contribution in [0.25, 0.3) is 21.5 Å². The Morgan fingerprint density at radius 3 is 2.58 bits per heavy atom. The molecule has 1 N–H and O–H groups in total. The van der Waals surface area contributed by atoms with Crippen molar-refractivity contribution in [2.75, 3.05) is 0 Å². The lowest BCUT2D eigenvalue weighted by atomic mass is 10.1. The molecule has 0 aliphatic rings. The summed E-state index contributed by atoms with van der Waals surface area (Å²) in [7, 11) is 0. The predicted octanol–water partition coefficient (Wildman–Crippen LogP) is 3.53. The van der Waals surface area contributed by atoms with E-state index in [1.807, 2.05) is 38.3 Å². The van der Waals surface area contributed by atoms with E-state index in [9.17, 15) is 14.0 Å². The summed E-state index contributed by atoms with van der Waals surface area (Å²) in [5.74, 6) is -0.701. The molecule has 3 heterocycles. The summed E-state index contributed by atoms with van der Waals surface area (Å²) in [6.45, 7) is 5.88. The van der Waals surface area contributed by atoms with E-state index in [0.717, 1.165) is 10.4 Å². The molecule has 160 valence electrons. The first kappa shape index (κ1) is 20.9. The lowest BCUT2D eigenvalue weighted by Crippen LogP contribution is -2.35. The maximum atomic E-state index is 13.2. The molecular formula is C22H22FN5O2S. The molecule has 0 fully saturated rings. The minimum Gasteiger partial charge on any atom is -0.350 e. The molecule has 4 rings (SSSR count). The summed E-state index contributed by atoms with van der Waals surface area (Å²) in [6, 6.07) is 9.70. The van der Waals surface area contributed by atoms with Gasteiger partial charge in [0.2, 0.25) is 5.91 Å². The van der Waals surface area contributed by atoms with Gasteiger partial charge < -0.3 is 5.32 Å². The molecular weight excluding hydrogens is 417 g/mol. The highest BCUT2D eigenvalue weighted by Gasteiger charge is 2.24. The Bertz CT molecular complexity index is 1280. The molecule has 4 aromatic rings. The number of thiophene rings is 1. The molecule has 0 aliphatic carbocycles. The summed E-state index contributed by atoms with van der Waals surface area (Å²) >= 11 is 1.50. The predicted molar refractivity (Wildman–Crippen MR) is 118 cm³/mol. The average molecular weight is 440 g/mol. The van der Waals surface area contributed by atoms with Crippen LogP contribution in [0, 0.1) is 5.82 Å². The van der Waals surface area contributed by atoms with Gasteiger partial charge in [-0.05, 0) is 49.9 Å². The summed E-state index contributed by atoms with van der Waals surface area (Å²) in [4.78, 5) is 26.7. The highest BCUT2D eigenvalue weighted by molar-refractivity contribution is 7.13. The van der Waals surface area contributed by atoms with Crippen LogP contribution in [0.5, 0.6) is 0 Å². The molecule has 3 aromatic heterocycles. The quantitative estimate of drug-likeness (QED) is 0.516. The fourth-order valence-corrected chi connectivity index (χ4v) is 4.00. The van der Waals surface area contributed by atoms with Crippen molar-refractivity contribution in [3.63, 3.8) is 0 Å². The Hall–Kier alpha value is -3.33. The van der Waals surface area contributed by atoms with Crippen molar-refractivity contribution >= 4 is 28.1 Å². The van der Waals surface area contributed by atoms with E-state index in [2.05, 4.69) is 15.5 Å². The number of nitrogens with one attached hydrogen (secondary N) is 1. The lowest BCUT2D eigenvalue weighted by molar-refractivity contribution is -0.122. The second-order valence-corrected chi connectivity index (χ2v) is 9.13. The van der Waals surface area contributed by atoms with Crippen LogP contribution in [0.1, 0.15) is 26.3 Å². The van der Waals surface area contributed by atoms with Crippen LogP contribution in [0.15, 0.2) is 52.8 Å². The molecule has 0 spiro atoms. The molecule has 9 heteroatoms. The normalized spacial score (nSPS) is 11.7. The van der Waals surface area contributed by atoms with Gasteiger partial charge in [0, 0.05) is 6.54 Å². The van der Waals surface area contributed by atoms with Gasteiger partial charge in [0.05, 0.1) is 22.0 Å². The number of hydrogen-bond acceptors (Lipinski definition) is 5. The molecule has 7 nitrogen and oxygen atoms in total. The first-order valence-corrected chi connectivity index (χ1v) is 10.7. The summed E-state index contributed by atoms with van der Waals surface area (Å²) in [5, 5.41) is 14.3. The summed E-state index contributed by atoms with van der Waals surface area (Å²) in [6.07, 6.45) is 1.66. The van der Waals surface area contributed by atoms with Crippen LogP contribution in [0.3, 0.4) is 0 Å². The third kappa shape index (κ3) is 4.27. The minimum absolute atomic E-state index is 0.230. The fourth-order valence-electron chi connectivity index (χ4n) is 3.28. The summed E-state index contributed by atoms with van der Waals surface area (Å²) in [5.41, 5.74) is 0.997. The first-order valence-electron chi connectivity index (χ1n) is 9.78. The number of benzene rings is 1. The van der Waals surface area contributed by atoms with E-state index in [0.29, 0.717) is 16.6 Å². The van der Waals surface area contributed by atoms with E-state index in [1.165, 1.54) is 28.2 Å². The van der Waals surface area contributed by atoms with Crippen LogP contribution in [-0.4, -0.2) is 25.5 Å². The van der Waals surface area contributed by atoms with Gasteiger partial charge in [0.15, 0.2) is 0 Å². The zero-order valence-corrected chi connectivity index (χ0v) is 18.2. The number of amides is 1. The number of carbonyl (C=O) groups is 1. The van der Waals surface area contributed by atoms with Crippen molar-refractivity contribution in [1.82, 2.24) is 24.9 Å². The smallest absolute Gasteiger partial charge is 0.293 e. The average Bonchev–Trinajstić information content (AvgIpc) is 3.39. The lowest BCUT2D eigenvalue weighted by Gasteiger charge is -2.20. The third-order valence-corrected chi connectivity index (χ3v) is 5.64. The third-order valence-electron chi connectivity index (χ3n) is 4.77. The zero-order valence-electron chi connectivity index (χ0n) is 17.4. The van der Waals surface area contributed by atoms with Crippen LogP contribution in [-0.2, 0) is 23.4 Å². The fraction of sp³-hybridized carbons (Fsp3) is 0.273. The van der Waals surface area contributed by atoms with Crippen molar-refractivity contribution in [2.24, 2.45) is 0 Å². The SMILES string of the molecule is CC(C)(C)n1ncc2c(-c3cccs3)nn(CC(=O)NCc3ccc(F)cc3)c(=O)c21. The molecule has 0 saturated carbocycles. The van der Waals surface area contributed by atoms with E-state index in [-0.39, 0.29) is 30.4 Å². The van der Waals surface area contributed by atoms with Crippen LogP contribution in [0.4, 0.5) is 4.39 Å². The number of nitrogens with zero attached hydrogens (tertiary/aromatic N) is 4. The highest BCUT2D eigenvalue weighted by Crippen LogP contribution is 2.30. The van der Waals surface area contributed by atoms with Crippen LogP contribution >= 0.6 is 11.3 Å². The van der Waals surface area contributed by atoms with E-state index >= 15 is 0 Å². The Labute approximate surface area is 182 Å². The largest absolute Gasteiger partial charge is 0.350 e. The summed E-state index contributed by atoms with van der Waals surface area (Å²) < 4.78 is 15.9. The van der Waals surface area contributed by atoms with Crippen molar-refractivity contribution in [1.29, 1.82) is 0 Å². The molecule has 31 heavy (non-hydrogen) atoms. The number of fused-ring (bicyclic) bond motifs is 1. The Morgan fingerprint density at radius 1 is 1.19 bits per heavy atom. The highest BCUT2D eigenvalue weighted by atomic mass is 32.1. The number of halogens is 1. The molecule has 0 radical (unpaired) electrons. The first-order chi connectivity index (χ1) is 14.7.